The number of carboxylic acid groups (broad SMARTS) is 1. The van der Waals surface area contributed by atoms with E-state index < -0.39 is 35.6 Å². The maximum atomic E-state index is 14.4. The Morgan fingerprint density at radius 1 is 1.28 bits per heavy atom. The van der Waals surface area contributed by atoms with E-state index in [1.54, 1.807) is 0 Å². The summed E-state index contributed by atoms with van der Waals surface area (Å²) in [5.74, 6) is -3.54. The van der Waals surface area contributed by atoms with Gasteiger partial charge in [-0.25, -0.2) is 18.4 Å². The zero-order valence-corrected chi connectivity index (χ0v) is 16.0. The van der Waals surface area contributed by atoms with Crippen LogP contribution in [0.25, 0.3) is 0 Å². The maximum absolute atomic E-state index is 14.4. The van der Waals surface area contributed by atoms with Gasteiger partial charge in [0, 0.05) is 37.4 Å². The smallest absolute Gasteiger partial charge is 0.338 e. The van der Waals surface area contributed by atoms with Crippen LogP contribution in [-0.2, 0) is 19.1 Å². The minimum Gasteiger partial charge on any atom is -0.481 e. The zero-order chi connectivity index (χ0) is 21.6. The molecule has 0 aliphatic carbocycles. The molecule has 0 fully saturated rings. The van der Waals surface area contributed by atoms with Crippen molar-refractivity contribution in [1.29, 1.82) is 0 Å². The summed E-state index contributed by atoms with van der Waals surface area (Å²) < 4.78 is 37.6. The van der Waals surface area contributed by atoms with Gasteiger partial charge in [0.2, 0.25) is 0 Å². The van der Waals surface area contributed by atoms with Crippen LogP contribution in [0.4, 0.5) is 13.6 Å². The number of amides is 2. The average molecular weight is 412 g/mol. The predicted octanol–water partition coefficient (Wildman–Crippen LogP) is 2.36. The van der Waals surface area contributed by atoms with Crippen LogP contribution in [0.15, 0.2) is 29.5 Å². The van der Waals surface area contributed by atoms with Crippen LogP contribution >= 0.6 is 0 Å². The molecular formula is C19H22F2N2O6. The number of ether oxygens (including phenoxy) is 2. The third kappa shape index (κ3) is 5.50. The van der Waals surface area contributed by atoms with Crippen molar-refractivity contribution in [2.24, 2.45) is 0 Å². The Hall–Kier alpha value is -3.01. The standard InChI is InChI=1S/C19H22F2N2O6/c1-11-16(18(26)29-9-8-28-2)17(13-6-5-12(20)10-14(13)21)22-19(27)23(11)7-3-4-15(24)25/h5-6,10,17H,3-4,7-9H2,1-2H3,(H,22,27)(H,24,25)/t17-/m0/s1. The lowest BCUT2D eigenvalue weighted by molar-refractivity contribution is -0.141. The van der Waals surface area contributed by atoms with Gasteiger partial charge in [0.15, 0.2) is 0 Å². The van der Waals surface area contributed by atoms with Gasteiger partial charge in [0.25, 0.3) is 0 Å². The Bertz CT molecular complexity index is 827. The SMILES string of the molecule is COCCOC(=O)C1=C(C)N(CCCC(=O)O)C(=O)N[C@H]1c1ccc(F)cc1F. The summed E-state index contributed by atoms with van der Waals surface area (Å²) in [6.45, 7) is 1.61. The number of halogens is 2. The van der Waals surface area contributed by atoms with Gasteiger partial charge >= 0.3 is 18.0 Å². The number of benzene rings is 1. The molecule has 0 saturated heterocycles. The first-order chi connectivity index (χ1) is 13.8. The van der Waals surface area contributed by atoms with E-state index in [4.69, 9.17) is 14.6 Å². The number of hydrogen-bond acceptors (Lipinski definition) is 5. The Balaban J connectivity index is 2.41. The van der Waals surface area contributed by atoms with E-state index in [-0.39, 0.29) is 49.4 Å². The first-order valence-electron chi connectivity index (χ1n) is 8.87. The first-order valence-corrected chi connectivity index (χ1v) is 8.87. The van der Waals surface area contributed by atoms with Gasteiger partial charge in [0.1, 0.15) is 18.2 Å². The van der Waals surface area contributed by atoms with Gasteiger partial charge in [-0.15, -0.1) is 0 Å². The minimum absolute atomic E-state index is 0.0264. The Morgan fingerprint density at radius 2 is 2.00 bits per heavy atom. The molecule has 1 aromatic rings. The fourth-order valence-electron chi connectivity index (χ4n) is 2.97. The molecule has 2 amide bonds. The van der Waals surface area contributed by atoms with Crippen molar-refractivity contribution >= 4 is 18.0 Å². The lowest BCUT2D eigenvalue weighted by Gasteiger charge is -2.35. The van der Waals surface area contributed by atoms with Crippen LogP contribution in [0.1, 0.15) is 31.4 Å². The van der Waals surface area contributed by atoms with Crippen LogP contribution in [0.3, 0.4) is 0 Å². The van der Waals surface area contributed by atoms with Gasteiger partial charge in [0.05, 0.1) is 18.2 Å². The van der Waals surface area contributed by atoms with Crippen molar-refractivity contribution in [1.82, 2.24) is 10.2 Å². The van der Waals surface area contributed by atoms with Crippen molar-refractivity contribution < 1.29 is 37.7 Å². The molecule has 0 bridgehead atoms. The van der Waals surface area contributed by atoms with Gasteiger partial charge in [-0.05, 0) is 19.4 Å². The Kier molecular flexibility index (Phi) is 7.66. The summed E-state index contributed by atoms with van der Waals surface area (Å²) in [5, 5.41) is 11.3. The van der Waals surface area contributed by atoms with Crippen molar-refractivity contribution in [3.8, 4) is 0 Å². The molecular weight excluding hydrogens is 390 g/mol. The third-order valence-corrected chi connectivity index (χ3v) is 4.38. The van der Waals surface area contributed by atoms with Gasteiger partial charge < -0.3 is 19.9 Å². The van der Waals surface area contributed by atoms with E-state index in [9.17, 15) is 23.2 Å². The number of rotatable bonds is 9. The second-order valence-corrected chi connectivity index (χ2v) is 6.33. The largest absolute Gasteiger partial charge is 0.481 e. The number of carboxylic acids is 1. The number of hydrogen-bond donors (Lipinski definition) is 2. The first kappa shape index (κ1) is 22.3. The molecule has 1 heterocycles. The molecule has 1 aliphatic heterocycles. The maximum Gasteiger partial charge on any atom is 0.338 e. The van der Waals surface area contributed by atoms with Crippen LogP contribution in [0.2, 0.25) is 0 Å². The Morgan fingerprint density at radius 3 is 2.62 bits per heavy atom. The number of nitrogens with zero attached hydrogens (tertiary/aromatic N) is 1. The number of aliphatic carboxylic acids is 1. The van der Waals surface area contributed by atoms with Crippen LogP contribution < -0.4 is 5.32 Å². The third-order valence-electron chi connectivity index (χ3n) is 4.38. The van der Waals surface area contributed by atoms with Gasteiger partial charge in [-0.2, -0.15) is 0 Å². The highest BCUT2D eigenvalue weighted by Gasteiger charge is 2.37. The molecule has 0 aromatic heterocycles. The molecule has 0 spiro atoms. The molecule has 0 radical (unpaired) electrons. The number of allylic oxidation sites excluding steroid dienone is 1. The number of urea groups is 1. The quantitative estimate of drug-likeness (QED) is 0.477. The summed E-state index contributed by atoms with van der Waals surface area (Å²) in [6, 6.07) is 1.01. The summed E-state index contributed by atoms with van der Waals surface area (Å²) in [5.41, 5.74) is 0.0831. The highest BCUT2D eigenvalue weighted by Crippen LogP contribution is 2.33. The van der Waals surface area contributed by atoms with E-state index in [2.05, 4.69) is 5.32 Å². The van der Waals surface area contributed by atoms with Crippen LogP contribution in [0.5, 0.6) is 0 Å². The number of carbonyl (C=O) groups excluding carboxylic acids is 2. The molecule has 10 heteroatoms. The fourth-order valence-corrected chi connectivity index (χ4v) is 2.97. The van der Waals surface area contributed by atoms with E-state index in [1.165, 1.54) is 18.9 Å². The molecule has 1 aromatic carbocycles. The van der Waals surface area contributed by atoms with E-state index in [0.717, 1.165) is 12.1 Å². The molecule has 1 atom stereocenters. The average Bonchev–Trinajstić information content (AvgIpc) is 2.64. The lowest BCUT2D eigenvalue weighted by Crippen LogP contribution is -2.48. The highest BCUT2D eigenvalue weighted by molar-refractivity contribution is 5.95. The summed E-state index contributed by atoms with van der Waals surface area (Å²) in [7, 11) is 1.43. The number of carbonyl (C=O) groups is 3. The number of methoxy groups -OCH3 is 1. The topological polar surface area (TPSA) is 105 Å². The number of nitrogens with one attached hydrogen (secondary N) is 1. The molecule has 158 valence electrons. The van der Waals surface area contributed by atoms with Crippen molar-refractivity contribution in [3.63, 3.8) is 0 Å². The van der Waals surface area contributed by atoms with Crippen molar-refractivity contribution in [3.05, 3.63) is 46.7 Å². The molecule has 8 nitrogen and oxygen atoms in total. The van der Waals surface area contributed by atoms with E-state index in [1.807, 2.05) is 0 Å². The van der Waals surface area contributed by atoms with Crippen molar-refractivity contribution in [2.75, 3.05) is 26.9 Å². The zero-order valence-electron chi connectivity index (χ0n) is 16.0. The normalized spacial score (nSPS) is 16.6. The summed E-state index contributed by atoms with van der Waals surface area (Å²) in [4.78, 5) is 37.1. The van der Waals surface area contributed by atoms with Crippen LogP contribution in [-0.4, -0.2) is 54.8 Å². The molecule has 0 unspecified atom stereocenters. The highest BCUT2D eigenvalue weighted by atomic mass is 19.1. The summed E-state index contributed by atoms with van der Waals surface area (Å²) >= 11 is 0. The molecule has 0 saturated carbocycles. The lowest BCUT2D eigenvalue weighted by atomic mass is 9.94. The minimum atomic E-state index is -1.19. The van der Waals surface area contributed by atoms with Gasteiger partial charge in [-0.3, -0.25) is 9.69 Å². The molecule has 1 aliphatic rings. The second-order valence-electron chi connectivity index (χ2n) is 6.33. The van der Waals surface area contributed by atoms with Crippen LogP contribution in [0, 0.1) is 11.6 Å². The number of esters is 1. The molecule has 29 heavy (non-hydrogen) atoms. The molecule has 2 N–H and O–H groups in total. The van der Waals surface area contributed by atoms with E-state index >= 15 is 0 Å². The fraction of sp³-hybridized carbons (Fsp3) is 0.421. The van der Waals surface area contributed by atoms with E-state index in [0.29, 0.717) is 6.07 Å². The predicted molar refractivity (Wildman–Crippen MR) is 96.7 cm³/mol. The second kappa shape index (κ2) is 9.97. The van der Waals surface area contributed by atoms with Gasteiger partial charge in [-0.1, -0.05) is 6.07 Å². The monoisotopic (exact) mass is 412 g/mol. The summed E-state index contributed by atoms with van der Waals surface area (Å²) in [6.07, 6.45) is -0.0115. The molecule has 2 rings (SSSR count). The Labute approximate surface area is 166 Å². The van der Waals surface area contributed by atoms with Crippen molar-refractivity contribution in [2.45, 2.75) is 25.8 Å².